The summed E-state index contributed by atoms with van der Waals surface area (Å²) >= 11 is 3.40. The smallest absolute Gasteiger partial charge is 0.250 e. The van der Waals surface area contributed by atoms with Crippen LogP contribution in [0.2, 0.25) is 0 Å². The Balaban J connectivity index is 1.27. The second kappa shape index (κ2) is 11.4. The molecular weight excluding hydrogens is 532 g/mol. The minimum atomic E-state index is -0.367. The molecule has 8 nitrogen and oxygen atoms in total. The van der Waals surface area contributed by atoms with E-state index in [2.05, 4.69) is 50.5 Å². The van der Waals surface area contributed by atoms with Gasteiger partial charge in [0.2, 0.25) is 11.4 Å². The number of aliphatic hydroxyl groups is 1. The molecule has 4 aromatic rings. The predicted octanol–water partition coefficient (Wildman–Crippen LogP) is 5.04. The molecule has 200 valence electrons. The van der Waals surface area contributed by atoms with Gasteiger partial charge in [0.15, 0.2) is 0 Å². The molecule has 1 atom stereocenters. The number of ether oxygens (including phenoxy) is 2. The van der Waals surface area contributed by atoms with E-state index in [-0.39, 0.29) is 18.2 Å². The average molecular weight is 561 g/mol. The van der Waals surface area contributed by atoms with Gasteiger partial charge in [-0.05, 0) is 36.4 Å². The summed E-state index contributed by atoms with van der Waals surface area (Å²) in [5.41, 5.74) is 4.23. The van der Waals surface area contributed by atoms with E-state index in [1.54, 1.807) is 42.8 Å². The van der Waals surface area contributed by atoms with E-state index in [1.165, 1.54) is 0 Å². The van der Waals surface area contributed by atoms with Crippen molar-refractivity contribution in [2.75, 3.05) is 50.2 Å². The van der Waals surface area contributed by atoms with Crippen molar-refractivity contribution in [3.05, 3.63) is 82.8 Å². The van der Waals surface area contributed by atoms with Crippen LogP contribution in [0, 0.1) is 0 Å². The molecule has 0 spiro atoms. The number of aliphatic hydroxyl groups excluding tert-OH is 1. The second-order valence-electron chi connectivity index (χ2n) is 9.20. The van der Waals surface area contributed by atoms with Crippen LogP contribution >= 0.6 is 23.5 Å². The van der Waals surface area contributed by atoms with Gasteiger partial charge in [-0.2, -0.15) is 0 Å². The van der Waals surface area contributed by atoms with Crippen molar-refractivity contribution >= 4 is 34.9 Å². The van der Waals surface area contributed by atoms with Crippen LogP contribution in [0.3, 0.4) is 0 Å². The number of fused-ring (bicyclic) bond motifs is 2. The number of morpholine rings is 1. The lowest BCUT2D eigenvalue weighted by atomic mass is 10.1. The highest BCUT2D eigenvalue weighted by molar-refractivity contribution is 8.05. The van der Waals surface area contributed by atoms with Crippen LogP contribution in [0.1, 0.15) is 11.7 Å². The molecule has 0 aliphatic carbocycles. The number of aromatic nitrogens is 2. The van der Waals surface area contributed by atoms with E-state index >= 15 is 0 Å². The Morgan fingerprint density at radius 2 is 1.90 bits per heavy atom. The Kier molecular flexibility index (Phi) is 7.51. The SMILES string of the molecule is COc1cccc(C(CO)Nc2ccc3c(c2)Sc2cccc(-c4cc(N5CCOCC5)cc(=O)[nH]4)c2S3)n1. The number of nitrogens with one attached hydrogen (secondary N) is 2. The molecule has 2 aromatic carbocycles. The quantitative estimate of drug-likeness (QED) is 0.253. The third-order valence-corrected chi connectivity index (χ3v) is 9.28. The number of hydrogen-bond acceptors (Lipinski definition) is 9. The van der Waals surface area contributed by atoms with Gasteiger partial charge in [-0.15, -0.1) is 0 Å². The minimum absolute atomic E-state index is 0.104. The van der Waals surface area contributed by atoms with Crippen molar-refractivity contribution < 1.29 is 14.6 Å². The summed E-state index contributed by atoms with van der Waals surface area (Å²) in [7, 11) is 1.58. The van der Waals surface area contributed by atoms with Crippen molar-refractivity contribution in [1.82, 2.24) is 9.97 Å². The number of benzene rings is 2. The van der Waals surface area contributed by atoms with Crippen LogP contribution in [-0.4, -0.2) is 55.1 Å². The maximum atomic E-state index is 12.6. The summed E-state index contributed by atoms with van der Waals surface area (Å²) in [5, 5.41) is 13.5. The van der Waals surface area contributed by atoms with Gasteiger partial charge >= 0.3 is 0 Å². The first-order valence-electron chi connectivity index (χ1n) is 12.7. The number of hydrogen-bond donors (Lipinski definition) is 3. The van der Waals surface area contributed by atoms with Crippen LogP contribution in [0.5, 0.6) is 5.88 Å². The van der Waals surface area contributed by atoms with E-state index in [4.69, 9.17) is 9.47 Å². The normalized spacial score (nSPS) is 15.3. The highest BCUT2D eigenvalue weighted by Crippen LogP contribution is 2.52. The van der Waals surface area contributed by atoms with Gasteiger partial charge < -0.3 is 29.8 Å². The highest BCUT2D eigenvalue weighted by Gasteiger charge is 2.23. The molecule has 6 rings (SSSR count). The van der Waals surface area contributed by atoms with E-state index < -0.39 is 0 Å². The average Bonchev–Trinajstić information content (AvgIpc) is 2.98. The van der Waals surface area contributed by atoms with Gasteiger partial charge in [0, 0.05) is 61.7 Å². The maximum Gasteiger partial charge on any atom is 0.250 e. The molecule has 4 heterocycles. The zero-order valence-corrected chi connectivity index (χ0v) is 23.0. The van der Waals surface area contributed by atoms with Crippen molar-refractivity contribution in [3.8, 4) is 17.1 Å². The van der Waals surface area contributed by atoms with Gasteiger partial charge in [0.25, 0.3) is 0 Å². The van der Waals surface area contributed by atoms with Crippen LogP contribution in [-0.2, 0) is 4.74 Å². The Morgan fingerprint density at radius 1 is 1.05 bits per heavy atom. The van der Waals surface area contributed by atoms with Crippen molar-refractivity contribution in [1.29, 1.82) is 0 Å². The molecule has 2 aliphatic heterocycles. The lowest BCUT2D eigenvalue weighted by molar-refractivity contribution is 0.122. The molecule has 2 aliphatic rings. The van der Waals surface area contributed by atoms with Crippen LogP contribution in [0.4, 0.5) is 11.4 Å². The molecule has 3 N–H and O–H groups in total. The molecule has 0 amide bonds. The number of nitrogens with zero attached hydrogens (tertiary/aromatic N) is 2. The summed E-state index contributed by atoms with van der Waals surface area (Å²) in [4.78, 5) is 26.9. The third-order valence-electron chi connectivity index (χ3n) is 6.68. The molecule has 0 saturated carbocycles. The fraction of sp³-hybridized carbons (Fsp3) is 0.241. The lowest BCUT2D eigenvalue weighted by Crippen LogP contribution is -2.36. The highest BCUT2D eigenvalue weighted by atomic mass is 32.2. The van der Waals surface area contributed by atoms with Crippen molar-refractivity contribution in [2.45, 2.75) is 25.6 Å². The van der Waals surface area contributed by atoms with Gasteiger partial charge in [0.1, 0.15) is 0 Å². The summed E-state index contributed by atoms with van der Waals surface area (Å²) in [6.45, 7) is 2.77. The molecule has 0 radical (unpaired) electrons. The number of methoxy groups -OCH3 is 1. The fourth-order valence-electron chi connectivity index (χ4n) is 4.73. The minimum Gasteiger partial charge on any atom is -0.481 e. The van der Waals surface area contributed by atoms with Crippen LogP contribution < -0.4 is 20.5 Å². The molecule has 0 bridgehead atoms. The number of aromatic amines is 1. The van der Waals surface area contributed by atoms with E-state index in [9.17, 15) is 9.90 Å². The van der Waals surface area contributed by atoms with Crippen molar-refractivity contribution in [3.63, 3.8) is 0 Å². The lowest BCUT2D eigenvalue weighted by Gasteiger charge is -2.29. The first kappa shape index (κ1) is 25.8. The monoisotopic (exact) mass is 560 g/mol. The number of pyridine rings is 2. The Hall–Kier alpha value is -3.44. The summed E-state index contributed by atoms with van der Waals surface area (Å²) < 4.78 is 10.7. The standard InChI is InChI=1S/C29H28N4O4S2/c1-36-28-7-3-5-21(32-28)23(17-34)30-18-8-9-24-26(14-18)38-25-6-2-4-20(29(25)39-24)22-15-19(16-27(35)31-22)33-10-12-37-13-11-33/h2-9,14-16,23,30,34H,10-13,17H2,1H3,(H,31,35). The first-order valence-corrected chi connectivity index (χ1v) is 14.3. The Bertz CT molecular complexity index is 1550. The third kappa shape index (κ3) is 5.51. The van der Waals surface area contributed by atoms with Gasteiger partial charge in [-0.25, -0.2) is 4.98 Å². The van der Waals surface area contributed by atoms with E-state index in [1.807, 2.05) is 24.3 Å². The molecule has 1 unspecified atom stereocenters. The number of anilines is 2. The van der Waals surface area contributed by atoms with E-state index in [0.717, 1.165) is 55.3 Å². The Labute approximate surface area is 234 Å². The van der Waals surface area contributed by atoms with Crippen LogP contribution in [0.25, 0.3) is 11.3 Å². The van der Waals surface area contributed by atoms with Gasteiger partial charge in [0.05, 0.1) is 44.4 Å². The second-order valence-corrected chi connectivity index (χ2v) is 11.3. The summed E-state index contributed by atoms with van der Waals surface area (Å²) in [5.74, 6) is 0.509. The van der Waals surface area contributed by atoms with Gasteiger partial charge in [-0.1, -0.05) is 41.7 Å². The maximum absolute atomic E-state index is 12.6. The molecule has 1 fully saturated rings. The number of H-pyrrole nitrogens is 1. The first-order chi connectivity index (χ1) is 19.1. The zero-order valence-electron chi connectivity index (χ0n) is 21.3. The fourth-order valence-corrected chi connectivity index (χ4v) is 7.15. The topological polar surface area (TPSA) is 99.7 Å². The van der Waals surface area contributed by atoms with Crippen molar-refractivity contribution in [2.24, 2.45) is 0 Å². The van der Waals surface area contributed by atoms with Gasteiger partial charge in [-0.3, -0.25) is 4.79 Å². The Morgan fingerprint density at radius 3 is 2.72 bits per heavy atom. The largest absolute Gasteiger partial charge is 0.481 e. The number of rotatable bonds is 7. The van der Waals surface area contributed by atoms with E-state index in [0.29, 0.717) is 24.8 Å². The van der Waals surface area contributed by atoms with Crippen LogP contribution in [0.15, 0.2) is 91.1 Å². The molecule has 1 saturated heterocycles. The summed E-state index contributed by atoms with van der Waals surface area (Å²) in [6.07, 6.45) is 0. The molecule has 2 aromatic heterocycles. The summed E-state index contributed by atoms with van der Waals surface area (Å²) in [6, 6.07) is 21.3. The zero-order chi connectivity index (χ0) is 26.8. The predicted molar refractivity (Wildman–Crippen MR) is 154 cm³/mol. The molecule has 39 heavy (non-hydrogen) atoms. The molecular formula is C29H28N4O4S2. The molecule has 10 heteroatoms.